The van der Waals surface area contributed by atoms with E-state index >= 15 is 0 Å². The number of imidazole rings is 1. The van der Waals surface area contributed by atoms with Crippen LogP contribution in [0.25, 0.3) is 11.2 Å². The van der Waals surface area contributed by atoms with E-state index in [1.165, 1.54) is 0 Å². The van der Waals surface area contributed by atoms with E-state index in [0.717, 1.165) is 30.9 Å². The van der Waals surface area contributed by atoms with E-state index in [2.05, 4.69) is 19.9 Å². The molecule has 0 atom stereocenters. The van der Waals surface area contributed by atoms with Gasteiger partial charge in [0.15, 0.2) is 11.5 Å². The third-order valence-corrected chi connectivity index (χ3v) is 2.49. The molecule has 7 nitrogen and oxygen atoms in total. The SMILES string of the molecule is COCCCN(C)c1nc(N)nc2nc[nH]c12. The maximum absolute atomic E-state index is 5.65. The van der Waals surface area contributed by atoms with Crippen LogP contribution in [-0.2, 0) is 4.74 Å². The number of aromatic nitrogens is 4. The Bertz CT molecular complexity index is 497. The third-order valence-electron chi connectivity index (χ3n) is 2.49. The molecule has 3 N–H and O–H groups in total. The second-order valence-electron chi connectivity index (χ2n) is 3.77. The van der Waals surface area contributed by atoms with Crippen molar-refractivity contribution in [3.63, 3.8) is 0 Å². The van der Waals surface area contributed by atoms with Crippen LogP contribution in [0.4, 0.5) is 11.8 Å². The van der Waals surface area contributed by atoms with Crippen molar-refractivity contribution in [2.24, 2.45) is 0 Å². The summed E-state index contributed by atoms with van der Waals surface area (Å²) in [6.07, 6.45) is 2.51. The van der Waals surface area contributed by atoms with Crippen molar-refractivity contribution in [1.29, 1.82) is 0 Å². The van der Waals surface area contributed by atoms with Crippen molar-refractivity contribution in [3.8, 4) is 0 Å². The van der Waals surface area contributed by atoms with Crippen LogP contribution in [0.15, 0.2) is 6.33 Å². The maximum atomic E-state index is 5.65. The predicted octanol–water partition coefficient (Wildman–Crippen LogP) is 0.408. The van der Waals surface area contributed by atoms with Crippen LogP contribution in [0.3, 0.4) is 0 Å². The molecule has 2 rings (SSSR count). The molecule has 0 amide bonds. The molecule has 92 valence electrons. The zero-order valence-electron chi connectivity index (χ0n) is 9.97. The van der Waals surface area contributed by atoms with Gasteiger partial charge in [-0.2, -0.15) is 9.97 Å². The Labute approximate surface area is 99.0 Å². The Balaban J connectivity index is 2.24. The summed E-state index contributed by atoms with van der Waals surface area (Å²) >= 11 is 0. The van der Waals surface area contributed by atoms with Crippen LogP contribution in [0.2, 0.25) is 0 Å². The largest absolute Gasteiger partial charge is 0.385 e. The number of aromatic amines is 1. The molecule has 0 unspecified atom stereocenters. The van der Waals surface area contributed by atoms with Crippen LogP contribution in [0.1, 0.15) is 6.42 Å². The molecule has 0 saturated heterocycles. The van der Waals surface area contributed by atoms with E-state index in [1.54, 1.807) is 13.4 Å². The molecular weight excluding hydrogens is 220 g/mol. The normalized spacial score (nSPS) is 10.9. The topological polar surface area (TPSA) is 92.9 Å². The fourth-order valence-corrected chi connectivity index (χ4v) is 1.66. The zero-order valence-corrected chi connectivity index (χ0v) is 9.97. The summed E-state index contributed by atoms with van der Waals surface area (Å²) in [5, 5.41) is 0. The van der Waals surface area contributed by atoms with Gasteiger partial charge in [0.25, 0.3) is 0 Å². The van der Waals surface area contributed by atoms with Gasteiger partial charge in [-0.05, 0) is 6.42 Å². The van der Waals surface area contributed by atoms with E-state index in [1.807, 2.05) is 11.9 Å². The Morgan fingerprint density at radius 1 is 1.47 bits per heavy atom. The lowest BCUT2D eigenvalue weighted by molar-refractivity contribution is 0.196. The summed E-state index contributed by atoms with van der Waals surface area (Å²) in [5.41, 5.74) is 7.04. The Kier molecular flexibility index (Phi) is 3.38. The first-order valence-corrected chi connectivity index (χ1v) is 5.39. The highest BCUT2D eigenvalue weighted by Gasteiger charge is 2.11. The Morgan fingerprint density at radius 3 is 3.06 bits per heavy atom. The van der Waals surface area contributed by atoms with E-state index in [4.69, 9.17) is 10.5 Å². The number of nitrogens with zero attached hydrogens (tertiary/aromatic N) is 4. The molecule has 0 fully saturated rings. The van der Waals surface area contributed by atoms with Crippen molar-refractivity contribution in [2.75, 3.05) is 37.9 Å². The van der Waals surface area contributed by atoms with Gasteiger partial charge in [-0.25, -0.2) is 4.98 Å². The van der Waals surface area contributed by atoms with Gasteiger partial charge in [0.1, 0.15) is 5.52 Å². The Morgan fingerprint density at radius 2 is 2.29 bits per heavy atom. The molecule has 0 aliphatic heterocycles. The maximum Gasteiger partial charge on any atom is 0.224 e. The van der Waals surface area contributed by atoms with Gasteiger partial charge in [-0.15, -0.1) is 0 Å². The second-order valence-corrected chi connectivity index (χ2v) is 3.77. The van der Waals surface area contributed by atoms with Crippen molar-refractivity contribution >= 4 is 22.9 Å². The van der Waals surface area contributed by atoms with Crippen LogP contribution in [0, 0.1) is 0 Å². The molecule has 0 aliphatic rings. The minimum Gasteiger partial charge on any atom is -0.385 e. The number of anilines is 2. The quantitative estimate of drug-likeness (QED) is 0.730. The molecule has 0 aromatic carbocycles. The molecule has 0 saturated carbocycles. The molecule has 2 aromatic rings. The summed E-state index contributed by atoms with van der Waals surface area (Å²) in [6.45, 7) is 1.55. The molecule has 0 radical (unpaired) electrons. The molecule has 0 bridgehead atoms. The molecule has 2 aromatic heterocycles. The van der Waals surface area contributed by atoms with Crippen molar-refractivity contribution in [3.05, 3.63) is 6.33 Å². The lowest BCUT2D eigenvalue weighted by Crippen LogP contribution is -2.21. The van der Waals surface area contributed by atoms with Gasteiger partial charge in [0.2, 0.25) is 5.95 Å². The van der Waals surface area contributed by atoms with Crippen LogP contribution in [-0.4, -0.2) is 47.2 Å². The predicted molar refractivity (Wildman–Crippen MR) is 65.9 cm³/mol. The van der Waals surface area contributed by atoms with Gasteiger partial charge >= 0.3 is 0 Å². The molecule has 0 aliphatic carbocycles. The Hall–Kier alpha value is -1.89. The standard InChI is InChI=1S/C10H16N6O/c1-16(4-3-5-17-2)9-7-8(13-6-12-7)14-10(11)15-9/h6H,3-5H2,1-2H3,(H3,11,12,13,14,15). The number of nitrogens with one attached hydrogen (secondary N) is 1. The fourth-order valence-electron chi connectivity index (χ4n) is 1.66. The number of nitrogen functional groups attached to an aromatic ring is 1. The van der Waals surface area contributed by atoms with Gasteiger partial charge in [0, 0.05) is 27.3 Å². The third kappa shape index (κ3) is 2.44. The van der Waals surface area contributed by atoms with Crippen molar-refractivity contribution < 1.29 is 4.74 Å². The summed E-state index contributed by atoms with van der Waals surface area (Å²) in [7, 11) is 3.65. The molecule has 17 heavy (non-hydrogen) atoms. The number of fused-ring (bicyclic) bond motifs is 1. The van der Waals surface area contributed by atoms with Gasteiger partial charge in [0.05, 0.1) is 6.33 Å². The number of rotatable bonds is 5. The molecule has 7 heteroatoms. The van der Waals surface area contributed by atoms with Gasteiger partial charge in [-0.1, -0.05) is 0 Å². The first-order valence-electron chi connectivity index (χ1n) is 5.39. The van der Waals surface area contributed by atoms with Crippen LogP contribution < -0.4 is 10.6 Å². The highest BCUT2D eigenvalue weighted by Crippen LogP contribution is 2.20. The first-order chi connectivity index (χ1) is 8.22. The second kappa shape index (κ2) is 4.96. The fraction of sp³-hybridized carbons (Fsp3) is 0.500. The molecule has 0 spiro atoms. The highest BCUT2D eigenvalue weighted by molar-refractivity contribution is 5.83. The monoisotopic (exact) mass is 236 g/mol. The molecular formula is C10H16N6O. The number of hydrogen-bond acceptors (Lipinski definition) is 6. The average molecular weight is 236 g/mol. The molecule has 2 heterocycles. The van der Waals surface area contributed by atoms with Crippen LogP contribution in [0.5, 0.6) is 0 Å². The minimum absolute atomic E-state index is 0.234. The van der Waals surface area contributed by atoms with Crippen molar-refractivity contribution in [1.82, 2.24) is 19.9 Å². The summed E-state index contributed by atoms with van der Waals surface area (Å²) in [5.74, 6) is 0.999. The average Bonchev–Trinajstić information content (AvgIpc) is 2.75. The number of nitrogens with two attached hydrogens (primary N) is 1. The van der Waals surface area contributed by atoms with Gasteiger partial charge < -0.3 is 20.4 Å². The van der Waals surface area contributed by atoms with Crippen LogP contribution >= 0.6 is 0 Å². The highest BCUT2D eigenvalue weighted by atomic mass is 16.5. The lowest BCUT2D eigenvalue weighted by atomic mass is 10.4. The number of ether oxygens (including phenoxy) is 1. The van der Waals surface area contributed by atoms with Gasteiger partial charge in [-0.3, -0.25) is 0 Å². The first kappa shape index (κ1) is 11.6. The van der Waals surface area contributed by atoms with Crippen molar-refractivity contribution in [2.45, 2.75) is 6.42 Å². The summed E-state index contributed by atoms with van der Waals surface area (Å²) < 4.78 is 5.02. The number of methoxy groups -OCH3 is 1. The summed E-state index contributed by atoms with van der Waals surface area (Å²) in [4.78, 5) is 17.4. The summed E-state index contributed by atoms with van der Waals surface area (Å²) in [6, 6.07) is 0. The van der Waals surface area contributed by atoms with E-state index in [0.29, 0.717) is 5.65 Å². The minimum atomic E-state index is 0.234. The lowest BCUT2D eigenvalue weighted by Gasteiger charge is -2.18. The van der Waals surface area contributed by atoms with E-state index < -0.39 is 0 Å². The smallest absolute Gasteiger partial charge is 0.224 e. The zero-order chi connectivity index (χ0) is 12.3. The number of hydrogen-bond donors (Lipinski definition) is 2. The number of H-pyrrole nitrogens is 1. The van der Waals surface area contributed by atoms with E-state index in [-0.39, 0.29) is 5.95 Å². The van der Waals surface area contributed by atoms with E-state index in [9.17, 15) is 0 Å².